The third-order valence-corrected chi connectivity index (χ3v) is 2.25. The smallest absolute Gasteiger partial charge is 0.184 e. The van der Waals surface area contributed by atoms with Crippen molar-refractivity contribution in [3.63, 3.8) is 0 Å². The molecule has 1 heterocycles. The van der Waals surface area contributed by atoms with E-state index in [4.69, 9.17) is 9.47 Å². The van der Waals surface area contributed by atoms with Crippen molar-refractivity contribution in [2.75, 3.05) is 14.2 Å². The van der Waals surface area contributed by atoms with E-state index in [2.05, 4.69) is 15.2 Å². The number of hydrogen-bond acceptors (Lipinski definition) is 4. The van der Waals surface area contributed by atoms with E-state index in [9.17, 15) is 0 Å². The van der Waals surface area contributed by atoms with E-state index in [1.807, 2.05) is 19.1 Å². The molecule has 84 valence electrons. The van der Waals surface area contributed by atoms with Gasteiger partial charge in [0.05, 0.1) is 19.8 Å². The van der Waals surface area contributed by atoms with Crippen LogP contribution in [0.25, 0.3) is 11.4 Å². The number of aryl methyl sites for hydroxylation is 1. The number of nitrogens with zero attached hydrogens (tertiary/aromatic N) is 2. The fourth-order valence-electron chi connectivity index (χ4n) is 1.45. The summed E-state index contributed by atoms with van der Waals surface area (Å²) in [7, 11) is 3.23. The molecule has 0 bridgehead atoms. The van der Waals surface area contributed by atoms with Gasteiger partial charge in [0.1, 0.15) is 17.3 Å². The number of aromatic nitrogens is 3. The minimum atomic E-state index is 0.622. The molecule has 0 aliphatic heterocycles. The van der Waals surface area contributed by atoms with Crippen LogP contribution in [-0.4, -0.2) is 29.4 Å². The number of benzene rings is 1. The molecule has 0 fully saturated rings. The zero-order valence-corrected chi connectivity index (χ0v) is 9.44. The average Bonchev–Trinajstić information content (AvgIpc) is 2.74. The first kappa shape index (κ1) is 10.5. The SMILES string of the molecule is COc1ccc(-c2n[nH]c(C)n2)c(OC)c1. The summed E-state index contributed by atoms with van der Waals surface area (Å²) in [5.74, 6) is 2.83. The van der Waals surface area contributed by atoms with E-state index >= 15 is 0 Å². The lowest BCUT2D eigenvalue weighted by Gasteiger charge is -2.07. The normalized spacial score (nSPS) is 10.2. The summed E-state index contributed by atoms with van der Waals surface area (Å²) >= 11 is 0. The summed E-state index contributed by atoms with van der Waals surface area (Å²) in [6.45, 7) is 1.85. The maximum absolute atomic E-state index is 5.28. The molecule has 5 nitrogen and oxygen atoms in total. The summed E-state index contributed by atoms with van der Waals surface area (Å²) in [5.41, 5.74) is 0.840. The Hall–Kier alpha value is -2.04. The van der Waals surface area contributed by atoms with Crippen LogP contribution in [0.4, 0.5) is 0 Å². The van der Waals surface area contributed by atoms with Gasteiger partial charge in [0, 0.05) is 6.07 Å². The fraction of sp³-hybridized carbons (Fsp3) is 0.273. The lowest BCUT2D eigenvalue weighted by atomic mass is 10.2. The van der Waals surface area contributed by atoms with Gasteiger partial charge in [0.15, 0.2) is 5.82 Å². The van der Waals surface area contributed by atoms with Crippen molar-refractivity contribution in [3.8, 4) is 22.9 Å². The van der Waals surface area contributed by atoms with Crippen molar-refractivity contribution in [3.05, 3.63) is 24.0 Å². The maximum Gasteiger partial charge on any atom is 0.184 e. The summed E-state index contributed by atoms with van der Waals surface area (Å²) < 4.78 is 10.4. The summed E-state index contributed by atoms with van der Waals surface area (Å²) in [5, 5.41) is 6.89. The standard InChI is InChI=1S/C11H13N3O2/c1-7-12-11(14-13-7)9-5-4-8(15-2)6-10(9)16-3/h4-6H,1-3H3,(H,12,13,14). The summed E-state index contributed by atoms with van der Waals surface area (Å²) in [6, 6.07) is 5.53. The highest BCUT2D eigenvalue weighted by Gasteiger charge is 2.11. The molecular formula is C11H13N3O2. The Morgan fingerprint density at radius 2 is 2.00 bits per heavy atom. The van der Waals surface area contributed by atoms with E-state index in [0.29, 0.717) is 11.6 Å². The van der Waals surface area contributed by atoms with Gasteiger partial charge in [-0.1, -0.05) is 0 Å². The highest BCUT2D eigenvalue weighted by atomic mass is 16.5. The first-order valence-electron chi connectivity index (χ1n) is 4.86. The zero-order valence-electron chi connectivity index (χ0n) is 9.44. The van der Waals surface area contributed by atoms with Crippen LogP contribution in [0.2, 0.25) is 0 Å². The lowest BCUT2D eigenvalue weighted by Crippen LogP contribution is -1.91. The third-order valence-electron chi connectivity index (χ3n) is 2.25. The van der Waals surface area contributed by atoms with Crippen molar-refractivity contribution in [2.24, 2.45) is 0 Å². The molecule has 1 N–H and O–H groups in total. The molecule has 5 heteroatoms. The molecule has 0 radical (unpaired) electrons. The van der Waals surface area contributed by atoms with Gasteiger partial charge in [-0.3, -0.25) is 5.10 Å². The second-order valence-corrected chi connectivity index (χ2v) is 3.31. The van der Waals surface area contributed by atoms with Crippen molar-refractivity contribution in [2.45, 2.75) is 6.92 Å². The number of rotatable bonds is 3. The van der Waals surface area contributed by atoms with Gasteiger partial charge in [-0.05, 0) is 19.1 Å². The van der Waals surface area contributed by atoms with Gasteiger partial charge >= 0.3 is 0 Å². The topological polar surface area (TPSA) is 60.0 Å². The van der Waals surface area contributed by atoms with Crippen LogP contribution in [0.5, 0.6) is 11.5 Å². The molecule has 2 aromatic rings. The van der Waals surface area contributed by atoms with Gasteiger partial charge < -0.3 is 9.47 Å². The number of H-pyrrole nitrogens is 1. The Balaban J connectivity index is 2.48. The highest BCUT2D eigenvalue weighted by molar-refractivity contribution is 5.65. The predicted octanol–water partition coefficient (Wildman–Crippen LogP) is 1.80. The van der Waals surface area contributed by atoms with E-state index in [1.165, 1.54) is 0 Å². The zero-order chi connectivity index (χ0) is 11.5. The molecule has 16 heavy (non-hydrogen) atoms. The molecule has 0 spiro atoms. The molecule has 1 aromatic heterocycles. The van der Waals surface area contributed by atoms with Crippen LogP contribution >= 0.6 is 0 Å². The second kappa shape index (κ2) is 4.22. The third kappa shape index (κ3) is 1.84. The number of aromatic amines is 1. The Morgan fingerprint density at radius 3 is 2.56 bits per heavy atom. The Morgan fingerprint density at radius 1 is 1.19 bits per heavy atom. The van der Waals surface area contributed by atoms with E-state index in [0.717, 1.165) is 17.1 Å². The van der Waals surface area contributed by atoms with Crippen LogP contribution in [0.3, 0.4) is 0 Å². The van der Waals surface area contributed by atoms with Crippen molar-refractivity contribution < 1.29 is 9.47 Å². The molecule has 0 amide bonds. The highest BCUT2D eigenvalue weighted by Crippen LogP contribution is 2.30. The van der Waals surface area contributed by atoms with Gasteiger partial charge in [0.25, 0.3) is 0 Å². The first-order valence-corrected chi connectivity index (χ1v) is 4.86. The van der Waals surface area contributed by atoms with E-state index in [1.54, 1.807) is 20.3 Å². The summed E-state index contributed by atoms with van der Waals surface area (Å²) in [6.07, 6.45) is 0. The number of methoxy groups -OCH3 is 2. The molecule has 1 aromatic carbocycles. The largest absolute Gasteiger partial charge is 0.497 e. The van der Waals surface area contributed by atoms with Gasteiger partial charge in [-0.15, -0.1) is 0 Å². The van der Waals surface area contributed by atoms with E-state index < -0.39 is 0 Å². The molecule has 0 atom stereocenters. The molecule has 0 unspecified atom stereocenters. The van der Waals surface area contributed by atoms with Crippen LogP contribution in [0.1, 0.15) is 5.82 Å². The monoisotopic (exact) mass is 219 g/mol. The van der Waals surface area contributed by atoms with E-state index in [-0.39, 0.29) is 0 Å². The van der Waals surface area contributed by atoms with Crippen molar-refractivity contribution >= 4 is 0 Å². The van der Waals surface area contributed by atoms with Crippen LogP contribution < -0.4 is 9.47 Å². The van der Waals surface area contributed by atoms with Gasteiger partial charge in [-0.25, -0.2) is 4.98 Å². The van der Waals surface area contributed by atoms with Crippen molar-refractivity contribution in [1.29, 1.82) is 0 Å². The number of nitrogens with one attached hydrogen (secondary N) is 1. The summed E-state index contributed by atoms with van der Waals surface area (Å²) in [4.78, 5) is 4.26. The molecule has 2 rings (SSSR count). The first-order chi connectivity index (χ1) is 7.74. The Kier molecular flexibility index (Phi) is 2.76. The predicted molar refractivity (Wildman–Crippen MR) is 59.7 cm³/mol. The van der Waals surface area contributed by atoms with Crippen LogP contribution in [-0.2, 0) is 0 Å². The Bertz CT molecular complexity index is 494. The number of ether oxygens (including phenoxy) is 2. The minimum Gasteiger partial charge on any atom is -0.497 e. The van der Waals surface area contributed by atoms with Gasteiger partial charge in [-0.2, -0.15) is 5.10 Å². The van der Waals surface area contributed by atoms with Crippen LogP contribution in [0.15, 0.2) is 18.2 Å². The second-order valence-electron chi connectivity index (χ2n) is 3.31. The Labute approximate surface area is 93.4 Å². The fourth-order valence-corrected chi connectivity index (χ4v) is 1.45. The van der Waals surface area contributed by atoms with Crippen LogP contribution in [0, 0.1) is 6.92 Å². The molecule has 0 aliphatic carbocycles. The maximum atomic E-state index is 5.28. The lowest BCUT2D eigenvalue weighted by molar-refractivity contribution is 0.395. The number of hydrogen-bond donors (Lipinski definition) is 1. The quantitative estimate of drug-likeness (QED) is 0.855. The average molecular weight is 219 g/mol. The molecule has 0 saturated heterocycles. The minimum absolute atomic E-state index is 0.622. The van der Waals surface area contributed by atoms with Crippen molar-refractivity contribution in [1.82, 2.24) is 15.2 Å². The van der Waals surface area contributed by atoms with Gasteiger partial charge in [0.2, 0.25) is 0 Å². The molecule has 0 saturated carbocycles. The molecular weight excluding hydrogens is 206 g/mol. The molecule has 0 aliphatic rings.